The van der Waals surface area contributed by atoms with Crippen molar-refractivity contribution in [3.63, 3.8) is 0 Å². The van der Waals surface area contributed by atoms with Crippen molar-refractivity contribution in [1.29, 1.82) is 0 Å². The summed E-state index contributed by atoms with van der Waals surface area (Å²) in [4.78, 5) is 5.44. The normalized spacial score (nSPS) is 12.5. The minimum absolute atomic E-state index is 0.342. The Kier molecular flexibility index (Phi) is 3.86. The molecule has 5 heteroatoms. The lowest BCUT2D eigenvalue weighted by Gasteiger charge is -2.03. The zero-order valence-corrected chi connectivity index (χ0v) is 12.9. The maximum absolute atomic E-state index is 6.13. The second kappa shape index (κ2) is 5.79. The third-order valence-electron chi connectivity index (χ3n) is 3.53. The second-order valence-corrected chi connectivity index (χ2v) is 6.12. The molecule has 0 radical (unpaired) electrons. The van der Waals surface area contributed by atoms with Gasteiger partial charge in [-0.25, -0.2) is 0 Å². The minimum atomic E-state index is -0.342. The van der Waals surface area contributed by atoms with Crippen molar-refractivity contribution >= 4 is 11.3 Å². The van der Waals surface area contributed by atoms with E-state index in [0.717, 1.165) is 4.88 Å². The molecule has 2 heterocycles. The number of hydrogen-bond acceptors (Lipinski definition) is 5. The quantitative estimate of drug-likeness (QED) is 0.802. The first-order valence-electron chi connectivity index (χ1n) is 6.81. The largest absolute Gasteiger partial charge is 0.337 e. The van der Waals surface area contributed by atoms with Crippen molar-refractivity contribution in [3.8, 4) is 0 Å². The van der Waals surface area contributed by atoms with Gasteiger partial charge in [-0.3, -0.25) is 0 Å². The van der Waals surface area contributed by atoms with Crippen molar-refractivity contribution in [1.82, 2.24) is 10.1 Å². The Balaban J connectivity index is 1.77. The lowest BCUT2D eigenvalue weighted by Crippen LogP contribution is -2.10. The SMILES string of the molecule is Cc1ccc(Cc2noc(C(N)c3cccs3)n2)cc1C. The highest BCUT2D eigenvalue weighted by Gasteiger charge is 2.17. The first kappa shape index (κ1) is 14.0. The van der Waals surface area contributed by atoms with E-state index in [4.69, 9.17) is 10.3 Å². The van der Waals surface area contributed by atoms with Crippen LogP contribution in [0.2, 0.25) is 0 Å². The van der Waals surface area contributed by atoms with Gasteiger partial charge in [0.2, 0.25) is 5.89 Å². The fraction of sp³-hybridized carbons (Fsp3) is 0.250. The lowest BCUT2D eigenvalue weighted by atomic mass is 10.0. The summed E-state index contributed by atoms with van der Waals surface area (Å²) in [6.07, 6.45) is 0.655. The predicted octanol–water partition coefficient (Wildman–Crippen LogP) is 3.39. The highest BCUT2D eigenvalue weighted by atomic mass is 32.1. The van der Waals surface area contributed by atoms with Crippen LogP contribution < -0.4 is 5.73 Å². The Bertz CT molecular complexity index is 734. The number of rotatable bonds is 4. The Labute approximate surface area is 127 Å². The van der Waals surface area contributed by atoms with Gasteiger partial charge in [0.15, 0.2) is 5.82 Å². The number of benzene rings is 1. The molecular weight excluding hydrogens is 282 g/mol. The first-order chi connectivity index (χ1) is 10.1. The van der Waals surface area contributed by atoms with Gasteiger partial charge in [-0.1, -0.05) is 29.4 Å². The molecule has 4 nitrogen and oxygen atoms in total. The molecule has 0 saturated heterocycles. The van der Waals surface area contributed by atoms with Gasteiger partial charge in [0.25, 0.3) is 0 Å². The molecule has 0 aliphatic rings. The van der Waals surface area contributed by atoms with Crippen LogP contribution in [0.5, 0.6) is 0 Å². The monoisotopic (exact) mass is 299 g/mol. The van der Waals surface area contributed by atoms with Gasteiger partial charge in [0.1, 0.15) is 6.04 Å². The van der Waals surface area contributed by atoms with Crippen molar-refractivity contribution in [2.75, 3.05) is 0 Å². The Morgan fingerprint density at radius 2 is 2.10 bits per heavy atom. The summed E-state index contributed by atoms with van der Waals surface area (Å²) < 4.78 is 5.30. The molecule has 1 unspecified atom stereocenters. The lowest BCUT2D eigenvalue weighted by molar-refractivity contribution is 0.364. The number of hydrogen-bond donors (Lipinski definition) is 1. The van der Waals surface area contributed by atoms with Gasteiger partial charge in [0, 0.05) is 11.3 Å². The standard InChI is InChI=1S/C16H17N3OS/c1-10-5-6-12(8-11(10)2)9-14-18-16(20-19-14)15(17)13-4-3-7-21-13/h3-8,15H,9,17H2,1-2H3. The smallest absolute Gasteiger partial charge is 0.248 e. The molecule has 3 rings (SSSR count). The summed E-state index contributed by atoms with van der Waals surface area (Å²) in [6.45, 7) is 4.21. The molecule has 0 aliphatic carbocycles. The van der Waals surface area contributed by atoms with Crippen LogP contribution in [-0.4, -0.2) is 10.1 Å². The Morgan fingerprint density at radius 1 is 1.24 bits per heavy atom. The van der Waals surface area contributed by atoms with Crippen molar-refractivity contribution in [3.05, 3.63) is 69.0 Å². The highest BCUT2D eigenvalue weighted by Crippen LogP contribution is 2.22. The molecule has 0 aliphatic heterocycles. The average molecular weight is 299 g/mol. The van der Waals surface area contributed by atoms with Crippen LogP contribution in [0.4, 0.5) is 0 Å². The average Bonchev–Trinajstić information content (AvgIpc) is 3.13. The van der Waals surface area contributed by atoms with E-state index in [1.165, 1.54) is 16.7 Å². The highest BCUT2D eigenvalue weighted by molar-refractivity contribution is 7.10. The number of thiophene rings is 1. The van der Waals surface area contributed by atoms with Gasteiger partial charge >= 0.3 is 0 Å². The van der Waals surface area contributed by atoms with Crippen molar-refractivity contribution in [2.24, 2.45) is 5.73 Å². The topological polar surface area (TPSA) is 64.9 Å². The van der Waals surface area contributed by atoms with E-state index < -0.39 is 0 Å². The van der Waals surface area contributed by atoms with Gasteiger partial charge in [-0.05, 0) is 42.0 Å². The van der Waals surface area contributed by atoms with Crippen LogP contribution >= 0.6 is 11.3 Å². The van der Waals surface area contributed by atoms with Gasteiger partial charge < -0.3 is 10.3 Å². The zero-order valence-electron chi connectivity index (χ0n) is 12.0. The van der Waals surface area contributed by atoms with Crippen molar-refractivity contribution < 1.29 is 4.52 Å². The molecule has 0 amide bonds. The molecule has 0 fully saturated rings. The molecule has 1 aromatic carbocycles. The third-order valence-corrected chi connectivity index (χ3v) is 4.49. The van der Waals surface area contributed by atoms with E-state index in [2.05, 4.69) is 42.2 Å². The van der Waals surface area contributed by atoms with E-state index in [1.807, 2.05) is 17.5 Å². The third kappa shape index (κ3) is 3.04. The summed E-state index contributed by atoms with van der Waals surface area (Å²) in [5.74, 6) is 1.14. The molecule has 3 aromatic rings. The summed E-state index contributed by atoms with van der Waals surface area (Å²) in [5, 5.41) is 6.02. The van der Waals surface area contributed by atoms with Crippen LogP contribution in [0.25, 0.3) is 0 Å². The van der Waals surface area contributed by atoms with E-state index >= 15 is 0 Å². The Hall–Kier alpha value is -1.98. The molecule has 0 spiro atoms. The van der Waals surface area contributed by atoms with Gasteiger partial charge in [-0.2, -0.15) is 4.98 Å². The van der Waals surface area contributed by atoms with Gasteiger partial charge in [-0.15, -0.1) is 11.3 Å². The molecule has 0 saturated carbocycles. The zero-order chi connectivity index (χ0) is 14.8. The number of aryl methyl sites for hydroxylation is 2. The molecule has 21 heavy (non-hydrogen) atoms. The van der Waals surface area contributed by atoms with Crippen LogP contribution in [0.15, 0.2) is 40.2 Å². The second-order valence-electron chi connectivity index (χ2n) is 5.14. The number of nitrogens with zero attached hydrogens (tertiary/aromatic N) is 2. The minimum Gasteiger partial charge on any atom is -0.337 e. The molecule has 2 aromatic heterocycles. The fourth-order valence-corrected chi connectivity index (χ4v) is 2.87. The summed E-state index contributed by atoms with van der Waals surface area (Å²) in [5.41, 5.74) is 9.86. The summed E-state index contributed by atoms with van der Waals surface area (Å²) >= 11 is 1.59. The number of nitrogens with two attached hydrogens (primary N) is 1. The van der Waals surface area contributed by atoms with E-state index in [-0.39, 0.29) is 6.04 Å². The molecular formula is C16H17N3OS. The van der Waals surface area contributed by atoms with E-state index in [9.17, 15) is 0 Å². The maximum Gasteiger partial charge on any atom is 0.248 e. The van der Waals surface area contributed by atoms with E-state index in [1.54, 1.807) is 11.3 Å². The first-order valence-corrected chi connectivity index (χ1v) is 7.69. The van der Waals surface area contributed by atoms with Gasteiger partial charge in [0.05, 0.1) is 0 Å². The number of aromatic nitrogens is 2. The maximum atomic E-state index is 6.13. The Morgan fingerprint density at radius 3 is 2.81 bits per heavy atom. The molecule has 108 valence electrons. The van der Waals surface area contributed by atoms with Crippen LogP contribution in [0.3, 0.4) is 0 Å². The predicted molar refractivity (Wildman–Crippen MR) is 83.4 cm³/mol. The molecule has 2 N–H and O–H groups in total. The summed E-state index contributed by atoms with van der Waals surface area (Å²) in [7, 11) is 0. The fourth-order valence-electron chi connectivity index (χ4n) is 2.15. The van der Waals surface area contributed by atoms with Crippen LogP contribution in [0.1, 0.15) is 39.3 Å². The summed E-state index contributed by atoms with van der Waals surface area (Å²) in [6, 6.07) is 9.96. The van der Waals surface area contributed by atoms with E-state index in [0.29, 0.717) is 18.1 Å². The van der Waals surface area contributed by atoms with Crippen LogP contribution in [0, 0.1) is 13.8 Å². The van der Waals surface area contributed by atoms with Crippen LogP contribution in [-0.2, 0) is 6.42 Å². The molecule has 1 atom stereocenters. The van der Waals surface area contributed by atoms with Crippen molar-refractivity contribution in [2.45, 2.75) is 26.3 Å². The molecule has 0 bridgehead atoms.